The first kappa shape index (κ1) is 12.9. The predicted octanol–water partition coefficient (Wildman–Crippen LogP) is 3.40. The fourth-order valence-electron chi connectivity index (χ4n) is 2.18. The SMILES string of the molecule is CCC(Nc1nc(NC)cn2ccnc12)c1cccs1. The molecule has 20 heavy (non-hydrogen) atoms. The topological polar surface area (TPSA) is 54.2 Å². The van der Waals surface area contributed by atoms with Gasteiger partial charge < -0.3 is 15.0 Å². The molecular weight excluding hydrogens is 270 g/mol. The second-order valence-electron chi connectivity index (χ2n) is 4.50. The highest BCUT2D eigenvalue weighted by Crippen LogP contribution is 2.27. The molecule has 0 aliphatic rings. The van der Waals surface area contributed by atoms with Crippen LogP contribution in [0, 0.1) is 0 Å². The Labute approximate surface area is 121 Å². The van der Waals surface area contributed by atoms with Gasteiger partial charge in [-0.3, -0.25) is 0 Å². The third-order valence-corrected chi connectivity index (χ3v) is 4.22. The van der Waals surface area contributed by atoms with Crippen molar-refractivity contribution in [1.82, 2.24) is 14.4 Å². The second-order valence-corrected chi connectivity index (χ2v) is 5.48. The van der Waals surface area contributed by atoms with Gasteiger partial charge in [0.15, 0.2) is 11.5 Å². The second kappa shape index (κ2) is 5.50. The lowest BCUT2D eigenvalue weighted by atomic mass is 10.2. The maximum atomic E-state index is 4.59. The van der Waals surface area contributed by atoms with E-state index in [1.807, 2.05) is 23.8 Å². The van der Waals surface area contributed by atoms with E-state index in [-0.39, 0.29) is 6.04 Å². The number of aromatic nitrogens is 3. The minimum Gasteiger partial charge on any atom is -0.372 e. The van der Waals surface area contributed by atoms with E-state index in [9.17, 15) is 0 Å². The van der Waals surface area contributed by atoms with Crippen LogP contribution in [0.25, 0.3) is 5.65 Å². The number of nitrogens with one attached hydrogen (secondary N) is 2. The van der Waals surface area contributed by atoms with E-state index in [1.54, 1.807) is 17.5 Å². The highest BCUT2D eigenvalue weighted by Gasteiger charge is 2.14. The van der Waals surface area contributed by atoms with E-state index in [4.69, 9.17) is 0 Å². The largest absolute Gasteiger partial charge is 0.372 e. The summed E-state index contributed by atoms with van der Waals surface area (Å²) in [5.41, 5.74) is 0.846. The molecule has 0 fully saturated rings. The van der Waals surface area contributed by atoms with Crippen molar-refractivity contribution in [3.63, 3.8) is 0 Å². The lowest BCUT2D eigenvalue weighted by molar-refractivity contribution is 0.758. The Morgan fingerprint density at radius 1 is 1.45 bits per heavy atom. The van der Waals surface area contributed by atoms with E-state index in [1.165, 1.54) is 4.88 Å². The van der Waals surface area contributed by atoms with Crippen molar-refractivity contribution >= 4 is 28.6 Å². The first-order valence-corrected chi connectivity index (χ1v) is 7.51. The van der Waals surface area contributed by atoms with Gasteiger partial charge in [0.2, 0.25) is 0 Å². The van der Waals surface area contributed by atoms with Crippen LogP contribution in [0.3, 0.4) is 0 Å². The zero-order valence-corrected chi connectivity index (χ0v) is 12.3. The van der Waals surface area contributed by atoms with Gasteiger partial charge in [0.25, 0.3) is 0 Å². The van der Waals surface area contributed by atoms with E-state index < -0.39 is 0 Å². The summed E-state index contributed by atoms with van der Waals surface area (Å²) < 4.78 is 1.97. The van der Waals surface area contributed by atoms with Crippen molar-refractivity contribution in [2.24, 2.45) is 0 Å². The first-order chi connectivity index (χ1) is 9.81. The first-order valence-electron chi connectivity index (χ1n) is 6.63. The normalized spacial score (nSPS) is 12.5. The van der Waals surface area contributed by atoms with Crippen molar-refractivity contribution in [3.8, 4) is 0 Å². The van der Waals surface area contributed by atoms with Crippen LogP contribution in [0.15, 0.2) is 36.1 Å². The van der Waals surface area contributed by atoms with E-state index >= 15 is 0 Å². The van der Waals surface area contributed by atoms with Gasteiger partial charge in [0.05, 0.1) is 12.2 Å². The molecule has 0 bridgehead atoms. The summed E-state index contributed by atoms with van der Waals surface area (Å²) in [7, 11) is 1.87. The fourth-order valence-corrected chi connectivity index (χ4v) is 3.04. The standard InChI is InChI=1S/C14H17N5S/c1-3-10(11-5-4-8-20-11)17-13-14-16-6-7-19(14)9-12(15-2)18-13/h4-10,15H,3H2,1-2H3,(H,17,18). The molecule has 3 heterocycles. The summed E-state index contributed by atoms with van der Waals surface area (Å²) in [6, 6.07) is 4.48. The highest BCUT2D eigenvalue weighted by atomic mass is 32.1. The fraction of sp³-hybridized carbons (Fsp3) is 0.286. The van der Waals surface area contributed by atoms with Gasteiger partial charge in [-0.05, 0) is 17.9 Å². The predicted molar refractivity (Wildman–Crippen MR) is 83.5 cm³/mol. The Morgan fingerprint density at radius 3 is 3.05 bits per heavy atom. The highest BCUT2D eigenvalue weighted by molar-refractivity contribution is 7.10. The van der Waals surface area contributed by atoms with Crippen molar-refractivity contribution in [2.45, 2.75) is 19.4 Å². The summed E-state index contributed by atoms with van der Waals surface area (Å²) in [6.45, 7) is 2.17. The molecule has 3 aromatic heterocycles. The summed E-state index contributed by atoms with van der Waals surface area (Å²) in [6.07, 6.45) is 6.64. The molecule has 1 atom stereocenters. The minimum absolute atomic E-state index is 0.259. The molecule has 3 aromatic rings. The van der Waals surface area contributed by atoms with Gasteiger partial charge in [0.1, 0.15) is 5.82 Å². The molecule has 0 aliphatic carbocycles. The van der Waals surface area contributed by atoms with Crippen LogP contribution in [-0.4, -0.2) is 21.4 Å². The van der Waals surface area contributed by atoms with Crippen LogP contribution < -0.4 is 10.6 Å². The van der Waals surface area contributed by atoms with Crippen LogP contribution in [0.5, 0.6) is 0 Å². The zero-order chi connectivity index (χ0) is 13.9. The molecule has 0 saturated heterocycles. The third-order valence-electron chi connectivity index (χ3n) is 3.24. The Kier molecular flexibility index (Phi) is 3.56. The number of rotatable bonds is 5. The summed E-state index contributed by atoms with van der Waals surface area (Å²) in [5.74, 6) is 1.63. The Hall–Kier alpha value is -2.08. The molecule has 0 radical (unpaired) electrons. The molecule has 0 saturated carbocycles. The molecule has 2 N–H and O–H groups in total. The van der Waals surface area contributed by atoms with E-state index in [0.717, 1.165) is 23.7 Å². The molecule has 0 spiro atoms. The lowest BCUT2D eigenvalue weighted by Gasteiger charge is -2.17. The maximum Gasteiger partial charge on any atom is 0.180 e. The number of anilines is 2. The monoisotopic (exact) mass is 287 g/mol. The number of thiophene rings is 1. The van der Waals surface area contributed by atoms with Crippen LogP contribution in [0.4, 0.5) is 11.6 Å². The average Bonchev–Trinajstić information content (AvgIpc) is 3.14. The summed E-state index contributed by atoms with van der Waals surface area (Å²) >= 11 is 1.76. The van der Waals surface area contributed by atoms with Crippen LogP contribution in [-0.2, 0) is 0 Å². The van der Waals surface area contributed by atoms with Crippen LogP contribution in [0.1, 0.15) is 24.3 Å². The Morgan fingerprint density at radius 2 is 2.35 bits per heavy atom. The van der Waals surface area contributed by atoms with Crippen molar-refractivity contribution < 1.29 is 0 Å². The van der Waals surface area contributed by atoms with Crippen LogP contribution in [0.2, 0.25) is 0 Å². The molecule has 5 nitrogen and oxygen atoms in total. The average molecular weight is 287 g/mol. The molecule has 104 valence electrons. The maximum absolute atomic E-state index is 4.59. The number of hydrogen-bond donors (Lipinski definition) is 2. The Balaban J connectivity index is 1.98. The molecule has 0 aromatic carbocycles. The summed E-state index contributed by atoms with van der Waals surface area (Å²) in [5, 5.41) is 8.69. The third kappa shape index (κ3) is 2.34. The minimum atomic E-state index is 0.259. The number of fused-ring (bicyclic) bond motifs is 1. The molecule has 6 heteroatoms. The van der Waals surface area contributed by atoms with E-state index in [2.05, 4.69) is 45.0 Å². The number of nitrogens with zero attached hydrogens (tertiary/aromatic N) is 3. The lowest BCUT2D eigenvalue weighted by Crippen LogP contribution is -2.11. The van der Waals surface area contributed by atoms with Crippen molar-refractivity contribution in [3.05, 3.63) is 41.0 Å². The van der Waals surface area contributed by atoms with Crippen LogP contribution >= 0.6 is 11.3 Å². The van der Waals surface area contributed by atoms with Gasteiger partial charge in [-0.25, -0.2) is 9.97 Å². The zero-order valence-electron chi connectivity index (χ0n) is 11.5. The number of hydrogen-bond acceptors (Lipinski definition) is 5. The Bertz CT molecular complexity index is 689. The molecule has 3 rings (SSSR count). The smallest absolute Gasteiger partial charge is 0.180 e. The van der Waals surface area contributed by atoms with Gasteiger partial charge >= 0.3 is 0 Å². The van der Waals surface area contributed by atoms with Crippen molar-refractivity contribution in [1.29, 1.82) is 0 Å². The van der Waals surface area contributed by atoms with Crippen molar-refractivity contribution in [2.75, 3.05) is 17.7 Å². The van der Waals surface area contributed by atoms with Gasteiger partial charge in [0, 0.05) is 24.3 Å². The quantitative estimate of drug-likeness (QED) is 0.755. The molecule has 0 amide bonds. The molecule has 0 aliphatic heterocycles. The van der Waals surface area contributed by atoms with Gasteiger partial charge in [-0.15, -0.1) is 11.3 Å². The number of imidazole rings is 1. The summed E-state index contributed by atoms with van der Waals surface area (Å²) in [4.78, 5) is 10.3. The van der Waals surface area contributed by atoms with Gasteiger partial charge in [-0.1, -0.05) is 13.0 Å². The molecular formula is C14H17N5S. The van der Waals surface area contributed by atoms with E-state index in [0.29, 0.717) is 0 Å². The molecule has 1 unspecified atom stereocenters. The van der Waals surface area contributed by atoms with Gasteiger partial charge in [-0.2, -0.15) is 0 Å².